The smallest absolute Gasteiger partial charge is 0.252 e. The molecule has 0 amide bonds. The van der Waals surface area contributed by atoms with E-state index in [9.17, 15) is 8.42 Å². The minimum atomic E-state index is -3.75. The predicted octanol–water partition coefficient (Wildman–Crippen LogP) is 6.32. The molecule has 0 aromatic heterocycles. The molecule has 0 fully saturated rings. The molecule has 150 valence electrons. The van der Waals surface area contributed by atoms with Gasteiger partial charge in [-0.2, -0.15) is 8.42 Å². The summed E-state index contributed by atoms with van der Waals surface area (Å²) in [4.78, 5) is 0. The topological polar surface area (TPSA) is 52.6 Å². The minimum Gasteiger partial charge on any atom is -0.252 e. The Bertz CT molecular complexity index is 391. The molecule has 0 saturated heterocycles. The average molecular weight is 377 g/mol. The molecular weight excluding hydrogens is 336 g/mol. The lowest BCUT2D eigenvalue weighted by Crippen LogP contribution is -2.08. The van der Waals surface area contributed by atoms with Crippen molar-refractivity contribution in [3.05, 3.63) is 12.2 Å². The van der Waals surface area contributed by atoms with Crippen molar-refractivity contribution >= 4 is 10.4 Å². The molecule has 5 heteroatoms. The molecule has 4 nitrogen and oxygen atoms in total. The molecule has 0 heterocycles. The molecule has 0 bridgehead atoms. The van der Waals surface area contributed by atoms with Crippen LogP contribution in [0.25, 0.3) is 0 Å². The van der Waals surface area contributed by atoms with E-state index in [-0.39, 0.29) is 6.61 Å². The summed E-state index contributed by atoms with van der Waals surface area (Å²) < 4.78 is 30.7. The number of hydrogen-bond donors (Lipinski definition) is 0. The zero-order chi connectivity index (χ0) is 18.6. The van der Waals surface area contributed by atoms with Gasteiger partial charge in [0, 0.05) is 0 Å². The zero-order valence-corrected chi connectivity index (χ0v) is 17.3. The fourth-order valence-electron chi connectivity index (χ4n) is 2.74. The third-order valence-corrected chi connectivity index (χ3v) is 5.20. The maximum absolute atomic E-state index is 10.9. The Labute approximate surface area is 156 Å². The summed E-state index contributed by atoms with van der Waals surface area (Å²) in [5.74, 6) is 0. The summed E-state index contributed by atoms with van der Waals surface area (Å²) in [6.45, 7) is 2.48. The first-order valence-corrected chi connectivity index (χ1v) is 11.6. The van der Waals surface area contributed by atoms with Crippen molar-refractivity contribution in [1.29, 1.82) is 0 Å². The normalized spacial score (nSPS) is 12.2. The van der Waals surface area contributed by atoms with Gasteiger partial charge in [-0.1, -0.05) is 83.3 Å². The Kier molecular flexibility index (Phi) is 18.1. The van der Waals surface area contributed by atoms with Crippen molar-refractivity contribution in [1.82, 2.24) is 0 Å². The van der Waals surface area contributed by atoms with E-state index >= 15 is 0 Å². The molecule has 0 unspecified atom stereocenters. The highest BCUT2D eigenvalue weighted by Gasteiger charge is 2.07. The molecule has 0 aliphatic heterocycles. The molecule has 0 aliphatic rings. The van der Waals surface area contributed by atoms with Crippen LogP contribution >= 0.6 is 0 Å². The van der Waals surface area contributed by atoms with E-state index in [1.807, 2.05) is 0 Å². The Morgan fingerprint density at radius 1 is 0.680 bits per heavy atom. The van der Waals surface area contributed by atoms with Gasteiger partial charge in [-0.05, 0) is 32.1 Å². The van der Waals surface area contributed by atoms with Crippen LogP contribution in [0.15, 0.2) is 12.2 Å². The molecule has 0 radical (unpaired) electrons. The predicted molar refractivity (Wildman–Crippen MR) is 106 cm³/mol. The van der Waals surface area contributed by atoms with E-state index in [2.05, 4.69) is 27.4 Å². The first-order chi connectivity index (χ1) is 12.1. The molecule has 0 atom stereocenters. The van der Waals surface area contributed by atoms with Gasteiger partial charge in [-0.15, -0.1) is 0 Å². The van der Waals surface area contributed by atoms with Crippen molar-refractivity contribution in [2.75, 3.05) is 13.7 Å². The third kappa shape index (κ3) is 19.8. The summed E-state index contributed by atoms with van der Waals surface area (Å²) in [7, 11) is -2.64. The van der Waals surface area contributed by atoms with E-state index in [1.165, 1.54) is 77.0 Å². The Balaban J connectivity index is 3.17. The third-order valence-electron chi connectivity index (χ3n) is 4.34. The molecule has 0 saturated carbocycles. The molecule has 0 aromatic carbocycles. The zero-order valence-electron chi connectivity index (χ0n) is 16.5. The van der Waals surface area contributed by atoms with E-state index in [1.54, 1.807) is 0 Å². The van der Waals surface area contributed by atoms with Crippen LogP contribution in [-0.2, 0) is 18.8 Å². The summed E-state index contributed by atoms with van der Waals surface area (Å²) in [6, 6.07) is 0. The van der Waals surface area contributed by atoms with Gasteiger partial charge in [0.15, 0.2) is 0 Å². The fraction of sp³-hybridized carbons (Fsp3) is 0.900. The average Bonchev–Trinajstić information content (AvgIpc) is 2.60. The second kappa shape index (κ2) is 18.4. The molecular formula is C20H40O4S. The Morgan fingerprint density at radius 2 is 1.12 bits per heavy atom. The SMILES string of the molecule is CCCCCCCC/C=C\CCCCCCCCCOS(=O)(=O)OC. The van der Waals surface area contributed by atoms with Gasteiger partial charge in [0.2, 0.25) is 0 Å². The molecule has 0 aliphatic carbocycles. The highest BCUT2D eigenvalue weighted by molar-refractivity contribution is 7.81. The summed E-state index contributed by atoms with van der Waals surface area (Å²) in [5.41, 5.74) is 0. The van der Waals surface area contributed by atoms with Gasteiger partial charge in [0.1, 0.15) is 0 Å². The number of unbranched alkanes of at least 4 members (excludes halogenated alkanes) is 13. The molecule has 0 spiro atoms. The molecule has 0 N–H and O–H groups in total. The second-order valence-electron chi connectivity index (χ2n) is 6.69. The quantitative estimate of drug-likeness (QED) is 0.195. The monoisotopic (exact) mass is 376 g/mol. The molecule has 0 aromatic rings. The van der Waals surface area contributed by atoms with Gasteiger partial charge in [-0.25, -0.2) is 4.18 Å². The number of allylic oxidation sites excluding steroid dienone is 2. The van der Waals surface area contributed by atoms with Gasteiger partial charge in [0.25, 0.3) is 0 Å². The lowest BCUT2D eigenvalue weighted by molar-refractivity contribution is 0.238. The lowest BCUT2D eigenvalue weighted by atomic mass is 10.1. The summed E-state index contributed by atoms with van der Waals surface area (Å²) in [6.07, 6.45) is 23.4. The van der Waals surface area contributed by atoms with Gasteiger partial charge in [-0.3, -0.25) is 4.18 Å². The van der Waals surface area contributed by atoms with Gasteiger partial charge < -0.3 is 0 Å². The van der Waals surface area contributed by atoms with Crippen LogP contribution in [0.2, 0.25) is 0 Å². The van der Waals surface area contributed by atoms with Crippen molar-refractivity contribution in [2.24, 2.45) is 0 Å². The highest BCUT2D eigenvalue weighted by atomic mass is 32.3. The van der Waals surface area contributed by atoms with Gasteiger partial charge in [0.05, 0.1) is 13.7 Å². The van der Waals surface area contributed by atoms with Crippen LogP contribution < -0.4 is 0 Å². The Hall–Kier alpha value is -0.390. The van der Waals surface area contributed by atoms with Crippen molar-refractivity contribution < 1.29 is 16.8 Å². The lowest BCUT2D eigenvalue weighted by Gasteiger charge is -2.03. The van der Waals surface area contributed by atoms with E-state index < -0.39 is 10.4 Å². The van der Waals surface area contributed by atoms with Gasteiger partial charge >= 0.3 is 10.4 Å². The van der Waals surface area contributed by atoms with E-state index in [0.29, 0.717) is 0 Å². The summed E-state index contributed by atoms with van der Waals surface area (Å²) >= 11 is 0. The minimum absolute atomic E-state index is 0.222. The number of hydrogen-bond acceptors (Lipinski definition) is 4. The second-order valence-corrected chi connectivity index (χ2v) is 8.07. The van der Waals surface area contributed by atoms with Crippen LogP contribution in [0.5, 0.6) is 0 Å². The maximum Gasteiger partial charge on any atom is 0.399 e. The van der Waals surface area contributed by atoms with Crippen LogP contribution in [-0.4, -0.2) is 22.1 Å². The van der Waals surface area contributed by atoms with Crippen LogP contribution in [0.4, 0.5) is 0 Å². The van der Waals surface area contributed by atoms with Crippen molar-refractivity contribution in [3.63, 3.8) is 0 Å². The fourth-order valence-corrected chi connectivity index (χ4v) is 3.15. The maximum atomic E-state index is 10.9. The van der Waals surface area contributed by atoms with Crippen molar-refractivity contribution in [3.8, 4) is 0 Å². The van der Waals surface area contributed by atoms with Crippen LogP contribution in [0.3, 0.4) is 0 Å². The van der Waals surface area contributed by atoms with E-state index in [4.69, 9.17) is 0 Å². The Morgan fingerprint density at radius 3 is 1.60 bits per heavy atom. The number of rotatable bonds is 19. The van der Waals surface area contributed by atoms with E-state index in [0.717, 1.165) is 26.4 Å². The van der Waals surface area contributed by atoms with Crippen molar-refractivity contribution in [2.45, 2.75) is 103 Å². The van der Waals surface area contributed by atoms with Crippen LogP contribution in [0.1, 0.15) is 103 Å². The first-order valence-electron chi connectivity index (χ1n) is 10.2. The first kappa shape index (κ1) is 24.6. The van der Waals surface area contributed by atoms with Crippen LogP contribution in [0, 0.1) is 0 Å². The largest absolute Gasteiger partial charge is 0.399 e. The molecule has 0 rings (SSSR count). The summed E-state index contributed by atoms with van der Waals surface area (Å²) in [5, 5.41) is 0. The highest BCUT2D eigenvalue weighted by Crippen LogP contribution is 2.11. The molecule has 25 heavy (non-hydrogen) atoms. The standard InChI is InChI=1S/C20H40O4S/c1-3-4-5-6-7-8-9-10-11-12-13-14-15-16-17-18-19-20-24-25(21,22)23-2/h10-11H,3-9,12-20H2,1-2H3/b11-10-.